The van der Waals surface area contributed by atoms with Crippen molar-refractivity contribution in [2.24, 2.45) is 0 Å². The highest BCUT2D eigenvalue weighted by Crippen LogP contribution is 2.43. The van der Waals surface area contributed by atoms with Crippen LogP contribution in [-0.4, -0.2) is 77.0 Å². The van der Waals surface area contributed by atoms with Crippen LogP contribution >= 0.6 is 0 Å². The van der Waals surface area contributed by atoms with E-state index in [-0.39, 0.29) is 16.3 Å². The largest absolute Gasteiger partial charge is 0.477 e. The van der Waals surface area contributed by atoms with Crippen LogP contribution in [0.3, 0.4) is 0 Å². The monoisotopic (exact) mass is 577 g/mol. The van der Waals surface area contributed by atoms with Crippen LogP contribution in [0.15, 0.2) is 35.5 Å². The average Bonchev–Trinajstić information content (AvgIpc) is 3.40. The van der Waals surface area contributed by atoms with Gasteiger partial charge in [-0.05, 0) is 12.6 Å². The third kappa shape index (κ3) is 4.50. The lowest BCUT2D eigenvalue weighted by Crippen LogP contribution is -2.36. The quantitative estimate of drug-likeness (QED) is 0.204. The summed E-state index contributed by atoms with van der Waals surface area (Å²) < 4.78 is 37.5. The zero-order valence-corrected chi connectivity index (χ0v) is 23.1. The van der Waals surface area contributed by atoms with E-state index in [1.807, 2.05) is 11.8 Å². The van der Waals surface area contributed by atoms with Crippen molar-refractivity contribution < 1.29 is 23.4 Å². The van der Waals surface area contributed by atoms with Gasteiger partial charge in [0.05, 0.1) is 46.3 Å². The molecule has 11 nitrogen and oxygen atoms in total. The number of carboxylic acid groups (broad SMARTS) is 1. The molecule has 4 N–H and O–H groups in total. The number of ether oxygens (including phenoxy) is 1. The van der Waals surface area contributed by atoms with Crippen LogP contribution < -0.4 is 21.0 Å². The maximum atomic E-state index is 15.5. The number of benzene rings is 1. The zero-order chi connectivity index (χ0) is 29.5. The SMILES string of the molecule is CCNCCn1cc(C(=O)O)c(=O)c2cc(-c3cnc4[nH]c5c(NC)cc(F)c(F)c5c4c3N3CCOCC3)cnc21. The van der Waals surface area contributed by atoms with Gasteiger partial charge in [0.2, 0.25) is 5.43 Å². The number of carboxylic acids is 1. The Balaban J connectivity index is 1.65. The smallest absolute Gasteiger partial charge is 0.341 e. The maximum Gasteiger partial charge on any atom is 0.341 e. The molecule has 4 aromatic heterocycles. The summed E-state index contributed by atoms with van der Waals surface area (Å²) in [5, 5.41) is 16.4. The van der Waals surface area contributed by atoms with Crippen molar-refractivity contribution in [1.29, 1.82) is 0 Å². The fraction of sp³-hybridized carbons (Fsp3) is 0.310. The number of pyridine rings is 3. The number of likely N-dealkylation sites (N-methyl/N-ethyl adjacent to an activating group) is 1. The summed E-state index contributed by atoms with van der Waals surface area (Å²) in [6.07, 6.45) is 4.50. The Morgan fingerprint density at radius 1 is 1.17 bits per heavy atom. The van der Waals surface area contributed by atoms with Crippen molar-refractivity contribution >= 4 is 50.3 Å². The number of rotatable bonds is 8. The first-order chi connectivity index (χ1) is 20.3. The number of H-pyrrole nitrogens is 1. The second-order valence-corrected chi connectivity index (χ2v) is 10.0. The second kappa shape index (κ2) is 11.0. The van der Waals surface area contributed by atoms with Gasteiger partial charge in [-0.1, -0.05) is 6.92 Å². The Bertz CT molecular complexity index is 1910. The van der Waals surface area contributed by atoms with E-state index >= 15 is 4.39 Å². The molecule has 5 heterocycles. The van der Waals surface area contributed by atoms with Crippen molar-refractivity contribution in [2.45, 2.75) is 13.5 Å². The number of fused-ring (bicyclic) bond motifs is 4. The lowest BCUT2D eigenvalue weighted by molar-refractivity contribution is 0.0694. The standard InChI is InChI=1S/C29H29F2N7O4/c1-3-33-4-5-38-14-18(29(40)41)26(39)16-10-15(12-35-28(16)38)17-13-34-27-22(25(17)37-6-8-42-9-7-37)21-23(31)19(30)11-20(32-2)24(21)36-27/h10-14,32-33H,3-9H2,1-2H3,(H,34,36)(H,40,41). The summed E-state index contributed by atoms with van der Waals surface area (Å²) in [4.78, 5) is 39.6. The van der Waals surface area contributed by atoms with Crippen molar-refractivity contribution in [3.63, 3.8) is 0 Å². The van der Waals surface area contributed by atoms with E-state index in [9.17, 15) is 19.1 Å². The van der Waals surface area contributed by atoms with Gasteiger partial charge >= 0.3 is 5.97 Å². The molecule has 0 radical (unpaired) electrons. The fourth-order valence-electron chi connectivity index (χ4n) is 5.59. The van der Waals surface area contributed by atoms with Gasteiger partial charge < -0.3 is 34.9 Å². The predicted octanol–water partition coefficient (Wildman–Crippen LogP) is 3.56. The molecule has 0 amide bonds. The van der Waals surface area contributed by atoms with E-state index in [0.29, 0.717) is 84.1 Å². The number of aromatic amines is 1. The van der Waals surface area contributed by atoms with Crippen LogP contribution in [0.5, 0.6) is 0 Å². The van der Waals surface area contributed by atoms with Gasteiger partial charge in [-0.25, -0.2) is 23.5 Å². The Kier molecular flexibility index (Phi) is 7.21. The topological polar surface area (TPSA) is 137 Å². The minimum atomic E-state index is -1.33. The zero-order valence-electron chi connectivity index (χ0n) is 23.1. The molecule has 1 fully saturated rings. The van der Waals surface area contributed by atoms with E-state index in [2.05, 4.69) is 25.6 Å². The van der Waals surface area contributed by atoms with Crippen LogP contribution in [0.25, 0.3) is 44.1 Å². The summed E-state index contributed by atoms with van der Waals surface area (Å²) in [7, 11) is 1.62. The molecule has 1 aromatic carbocycles. The number of halogens is 2. The van der Waals surface area contributed by atoms with Gasteiger partial charge in [0, 0.05) is 69.0 Å². The molecule has 0 aliphatic carbocycles. The molecule has 0 spiro atoms. The number of carbonyl (C=O) groups is 1. The number of anilines is 2. The van der Waals surface area contributed by atoms with E-state index < -0.39 is 23.0 Å². The van der Waals surface area contributed by atoms with Gasteiger partial charge in [-0.3, -0.25) is 4.79 Å². The molecule has 0 atom stereocenters. The van der Waals surface area contributed by atoms with Crippen LogP contribution in [0.1, 0.15) is 17.3 Å². The van der Waals surface area contributed by atoms with Crippen LogP contribution in [-0.2, 0) is 11.3 Å². The van der Waals surface area contributed by atoms with Crippen LogP contribution in [0.4, 0.5) is 20.2 Å². The molecule has 1 aliphatic heterocycles. The van der Waals surface area contributed by atoms with Crippen LogP contribution in [0, 0.1) is 11.6 Å². The summed E-state index contributed by atoms with van der Waals surface area (Å²) in [6.45, 7) is 5.47. The van der Waals surface area contributed by atoms with E-state index in [1.165, 1.54) is 6.20 Å². The van der Waals surface area contributed by atoms with Gasteiger partial charge in [0.1, 0.15) is 16.9 Å². The molecule has 5 aromatic rings. The molecular weight excluding hydrogens is 548 g/mol. The first-order valence-electron chi connectivity index (χ1n) is 13.6. The van der Waals surface area contributed by atoms with Crippen molar-refractivity contribution in [2.75, 3.05) is 56.7 Å². The van der Waals surface area contributed by atoms with Gasteiger partial charge in [-0.15, -0.1) is 0 Å². The van der Waals surface area contributed by atoms with Crippen molar-refractivity contribution in [1.82, 2.24) is 24.8 Å². The minimum absolute atomic E-state index is 0.0536. The van der Waals surface area contributed by atoms with E-state index in [0.717, 1.165) is 12.6 Å². The normalized spacial score (nSPS) is 13.9. The third-order valence-electron chi connectivity index (χ3n) is 7.59. The number of hydrogen-bond acceptors (Lipinski definition) is 8. The summed E-state index contributed by atoms with van der Waals surface area (Å²) in [6, 6.07) is 2.69. The third-order valence-corrected chi connectivity index (χ3v) is 7.59. The van der Waals surface area contributed by atoms with E-state index in [1.54, 1.807) is 30.1 Å². The predicted molar refractivity (Wildman–Crippen MR) is 157 cm³/mol. The molecule has 6 rings (SSSR count). The molecule has 1 aliphatic rings. The molecule has 1 saturated heterocycles. The number of nitrogens with zero attached hydrogens (tertiary/aromatic N) is 4. The number of hydrogen-bond donors (Lipinski definition) is 4. The number of aromatic carboxylic acids is 1. The molecule has 0 unspecified atom stereocenters. The molecule has 218 valence electrons. The Morgan fingerprint density at radius 2 is 1.95 bits per heavy atom. The van der Waals surface area contributed by atoms with E-state index in [4.69, 9.17) is 4.74 Å². The highest BCUT2D eigenvalue weighted by Gasteiger charge is 2.27. The lowest BCUT2D eigenvalue weighted by atomic mass is 10.0. The molecule has 0 bridgehead atoms. The Hall–Kier alpha value is -4.62. The Morgan fingerprint density at radius 3 is 2.67 bits per heavy atom. The van der Waals surface area contributed by atoms with Crippen molar-refractivity contribution in [3.05, 3.63) is 58.1 Å². The molecule has 42 heavy (non-hydrogen) atoms. The van der Waals surface area contributed by atoms with Gasteiger partial charge in [0.15, 0.2) is 11.6 Å². The number of aromatic nitrogens is 4. The summed E-state index contributed by atoms with van der Waals surface area (Å²) >= 11 is 0. The average molecular weight is 578 g/mol. The molecule has 0 saturated carbocycles. The minimum Gasteiger partial charge on any atom is -0.477 e. The van der Waals surface area contributed by atoms with Gasteiger partial charge in [0.25, 0.3) is 0 Å². The highest BCUT2D eigenvalue weighted by molar-refractivity contribution is 6.18. The Labute approximate surface area is 238 Å². The molecular formula is C29H29F2N7O4. The first-order valence-corrected chi connectivity index (χ1v) is 13.6. The van der Waals surface area contributed by atoms with Crippen LogP contribution in [0.2, 0.25) is 0 Å². The summed E-state index contributed by atoms with van der Waals surface area (Å²) in [5.41, 5.74) is 2.03. The second-order valence-electron chi connectivity index (χ2n) is 10.0. The summed E-state index contributed by atoms with van der Waals surface area (Å²) in [5.74, 6) is -3.34. The lowest BCUT2D eigenvalue weighted by Gasteiger charge is -2.31. The fourth-order valence-corrected chi connectivity index (χ4v) is 5.59. The number of nitrogens with one attached hydrogen (secondary N) is 3. The first kappa shape index (κ1) is 27.5. The highest BCUT2D eigenvalue weighted by atomic mass is 19.2. The molecule has 13 heteroatoms. The van der Waals surface area contributed by atoms with Gasteiger partial charge in [-0.2, -0.15) is 0 Å². The van der Waals surface area contributed by atoms with Crippen molar-refractivity contribution in [3.8, 4) is 11.1 Å². The number of morpholine rings is 1. The maximum absolute atomic E-state index is 15.5.